The van der Waals surface area contributed by atoms with Crippen molar-refractivity contribution in [2.75, 3.05) is 32.5 Å². The van der Waals surface area contributed by atoms with E-state index in [0.717, 1.165) is 37.6 Å². The van der Waals surface area contributed by atoms with Crippen molar-refractivity contribution < 1.29 is 0 Å². The van der Waals surface area contributed by atoms with Crippen LogP contribution < -0.4 is 10.6 Å². The molecule has 6 heteroatoms. The Bertz CT molecular complexity index is 887. The van der Waals surface area contributed by atoms with Crippen molar-refractivity contribution in [1.82, 2.24) is 24.7 Å². The van der Waals surface area contributed by atoms with Crippen LogP contribution in [0.25, 0.3) is 11.0 Å². The molecule has 3 unspecified atom stereocenters. The topological polar surface area (TPSA) is 48.4 Å². The van der Waals surface area contributed by atoms with Crippen LogP contribution in [0.1, 0.15) is 78.1 Å². The van der Waals surface area contributed by atoms with Crippen molar-refractivity contribution >= 4 is 16.7 Å². The van der Waals surface area contributed by atoms with Gasteiger partial charge in [-0.3, -0.25) is 4.90 Å². The zero-order valence-electron chi connectivity index (χ0n) is 21.8. The number of imidazole rings is 1. The molecule has 1 aromatic heterocycles. The van der Waals surface area contributed by atoms with Gasteiger partial charge in [0.25, 0.3) is 0 Å². The molecule has 1 aromatic carbocycles. The first kappa shape index (κ1) is 24.5. The van der Waals surface area contributed by atoms with Crippen LogP contribution >= 0.6 is 0 Å². The van der Waals surface area contributed by atoms with Gasteiger partial charge in [0.15, 0.2) is 0 Å². The Labute approximate surface area is 201 Å². The minimum absolute atomic E-state index is 0.382. The maximum atomic E-state index is 5.27. The fourth-order valence-electron chi connectivity index (χ4n) is 6.17. The summed E-state index contributed by atoms with van der Waals surface area (Å²) in [6.07, 6.45) is 7.38. The number of fused-ring (bicyclic) bond motifs is 1. The summed E-state index contributed by atoms with van der Waals surface area (Å²) in [6, 6.07) is 9.57. The highest BCUT2D eigenvalue weighted by atomic mass is 15.3. The van der Waals surface area contributed by atoms with Crippen molar-refractivity contribution in [3.05, 3.63) is 24.0 Å². The molecule has 1 aliphatic heterocycles. The molecule has 4 rings (SSSR count). The molecule has 33 heavy (non-hydrogen) atoms. The van der Waals surface area contributed by atoms with Crippen molar-refractivity contribution in [1.29, 1.82) is 0 Å². The molecule has 2 aromatic rings. The Morgan fingerprint density at radius 1 is 1.09 bits per heavy atom. The van der Waals surface area contributed by atoms with Gasteiger partial charge < -0.3 is 20.1 Å². The second kappa shape index (κ2) is 10.7. The summed E-state index contributed by atoms with van der Waals surface area (Å²) >= 11 is 0. The summed E-state index contributed by atoms with van der Waals surface area (Å²) in [6.45, 7) is 12.3. The molecule has 2 heterocycles. The van der Waals surface area contributed by atoms with Crippen molar-refractivity contribution in [2.45, 2.75) is 103 Å². The van der Waals surface area contributed by atoms with E-state index in [1.807, 2.05) is 0 Å². The molecule has 0 amide bonds. The summed E-state index contributed by atoms with van der Waals surface area (Å²) in [5.41, 5.74) is 3.63. The zero-order valence-corrected chi connectivity index (χ0v) is 21.8. The summed E-state index contributed by atoms with van der Waals surface area (Å²) in [4.78, 5) is 10.3. The normalized spacial score (nSPS) is 27.8. The molecule has 2 N–H and O–H groups in total. The van der Waals surface area contributed by atoms with Crippen LogP contribution in [-0.2, 0) is 6.54 Å². The number of aryl methyl sites for hydroxylation is 1. The van der Waals surface area contributed by atoms with Crippen LogP contribution in [0.15, 0.2) is 18.2 Å². The van der Waals surface area contributed by atoms with E-state index >= 15 is 0 Å². The number of piperazine rings is 1. The van der Waals surface area contributed by atoms with E-state index in [2.05, 4.69) is 85.0 Å². The summed E-state index contributed by atoms with van der Waals surface area (Å²) in [5, 5.41) is 7.51. The Kier molecular flexibility index (Phi) is 7.98. The van der Waals surface area contributed by atoms with E-state index in [0.29, 0.717) is 24.2 Å². The van der Waals surface area contributed by atoms with E-state index in [4.69, 9.17) is 4.98 Å². The van der Waals surface area contributed by atoms with Gasteiger partial charge in [0.05, 0.1) is 17.1 Å². The van der Waals surface area contributed by atoms with Gasteiger partial charge >= 0.3 is 0 Å². The van der Waals surface area contributed by atoms with Crippen molar-refractivity contribution in [2.24, 2.45) is 0 Å². The average Bonchev–Trinajstić information content (AvgIpc) is 3.14. The smallest absolute Gasteiger partial charge is 0.127 e. The molecule has 0 spiro atoms. The van der Waals surface area contributed by atoms with Gasteiger partial charge in [0.2, 0.25) is 0 Å². The monoisotopic (exact) mass is 454 g/mol. The number of hydrogen-bond donors (Lipinski definition) is 2. The molecule has 6 nitrogen and oxygen atoms in total. The fourth-order valence-corrected chi connectivity index (χ4v) is 6.17. The Balaban J connectivity index is 1.56. The first-order chi connectivity index (χ1) is 15.9. The van der Waals surface area contributed by atoms with Gasteiger partial charge in [-0.15, -0.1) is 0 Å². The van der Waals surface area contributed by atoms with Crippen LogP contribution in [0.5, 0.6) is 0 Å². The molecule has 1 saturated carbocycles. The predicted molar refractivity (Wildman–Crippen MR) is 140 cm³/mol. The molecule has 0 radical (unpaired) electrons. The van der Waals surface area contributed by atoms with E-state index in [1.54, 1.807) is 0 Å². The van der Waals surface area contributed by atoms with E-state index in [9.17, 15) is 0 Å². The quantitative estimate of drug-likeness (QED) is 0.596. The average molecular weight is 455 g/mol. The van der Waals surface area contributed by atoms with E-state index < -0.39 is 0 Å². The lowest BCUT2D eigenvalue weighted by Crippen LogP contribution is -2.55. The van der Waals surface area contributed by atoms with Crippen LogP contribution in [0.3, 0.4) is 0 Å². The highest BCUT2D eigenvalue weighted by molar-refractivity contribution is 5.80. The molecule has 2 fully saturated rings. The number of benzene rings is 1. The fraction of sp³-hybridized carbons (Fsp3) is 0.741. The first-order valence-corrected chi connectivity index (χ1v) is 13.3. The lowest BCUT2D eigenvalue weighted by molar-refractivity contribution is 0.110. The molecule has 2 aliphatic rings. The Morgan fingerprint density at radius 3 is 2.39 bits per heavy atom. The number of rotatable bonds is 8. The number of aromatic nitrogens is 2. The maximum absolute atomic E-state index is 5.27. The van der Waals surface area contributed by atoms with Gasteiger partial charge in [0, 0.05) is 49.5 Å². The van der Waals surface area contributed by atoms with Crippen molar-refractivity contribution in [3.8, 4) is 0 Å². The molecule has 184 valence electrons. The highest BCUT2D eigenvalue weighted by Gasteiger charge is 2.31. The van der Waals surface area contributed by atoms with Crippen LogP contribution in [0.2, 0.25) is 0 Å². The second-order valence-electron chi connectivity index (χ2n) is 10.8. The number of anilines is 1. The molecular formula is C27H46N6. The largest absolute Gasteiger partial charge is 0.382 e. The Morgan fingerprint density at radius 2 is 1.79 bits per heavy atom. The van der Waals surface area contributed by atoms with Crippen LogP contribution in [-0.4, -0.2) is 70.7 Å². The zero-order chi connectivity index (χ0) is 23.5. The highest BCUT2D eigenvalue weighted by Crippen LogP contribution is 2.32. The van der Waals surface area contributed by atoms with Gasteiger partial charge in [-0.1, -0.05) is 13.3 Å². The van der Waals surface area contributed by atoms with Crippen LogP contribution in [0, 0.1) is 0 Å². The lowest BCUT2D eigenvalue weighted by Gasteiger charge is -2.40. The minimum Gasteiger partial charge on any atom is -0.382 e. The summed E-state index contributed by atoms with van der Waals surface area (Å²) in [5.74, 6) is 1.25. The number of hydrogen-bond acceptors (Lipinski definition) is 5. The number of nitrogens with zero attached hydrogens (tertiary/aromatic N) is 4. The standard InChI is InChI=1S/C27H46N6/c1-7-9-26(32-17-19(3)28-20(4)18-32)27-30-24-16-22(12-15-25(24)33(27)8-2)29-21-10-13-23(14-11-21)31(5)6/h12,15-16,19-21,23,26,28-29H,7-11,13-14,17-18H2,1-6H3. The molecule has 1 saturated heterocycles. The number of nitrogens with one attached hydrogen (secondary N) is 2. The van der Waals surface area contributed by atoms with Gasteiger partial charge in [-0.05, 0) is 85.2 Å². The predicted octanol–water partition coefficient (Wildman–Crippen LogP) is 4.86. The molecule has 1 aliphatic carbocycles. The molecule has 3 atom stereocenters. The second-order valence-corrected chi connectivity index (χ2v) is 10.8. The Hall–Kier alpha value is -1.63. The first-order valence-electron chi connectivity index (χ1n) is 13.3. The third-order valence-electron chi connectivity index (χ3n) is 7.78. The summed E-state index contributed by atoms with van der Waals surface area (Å²) in [7, 11) is 4.42. The van der Waals surface area contributed by atoms with E-state index in [1.165, 1.54) is 49.1 Å². The van der Waals surface area contributed by atoms with Gasteiger partial charge in [0.1, 0.15) is 5.82 Å². The minimum atomic E-state index is 0.382. The lowest BCUT2D eigenvalue weighted by atomic mass is 9.90. The SMILES string of the molecule is CCCC(c1nc2cc(NC3CCC(N(C)C)CC3)ccc2n1CC)N1CC(C)NC(C)C1. The summed E-state index contributed by atoms with van der Waals surface area (Å²) < 4.78 is 2.46. The molecular weight excluding hydrogens is 408 g/mol. The van der Waals surface area contributed by atoms with Gasteiger partial charge in [-0.2, -0.15) is 0 Å². The van der Waals surface area contributed by atoms with Crippen molar-refractivity contribution in [3.63, 3.8) is 0 Å². The molecule has 0 bridgehead atoms. The third kappa shape index (κ3) is 5.55. The third-order valence-corrected chi connectivity index (χ3v) is 7.78. The maximum Gasteiger partial charge on any atom is 0.127 e. The van der Waals surface area contributed by atoms with Gasteiger partial charge in [-0.25, -0.2) is 4.98 Å². The van der Waals surface area contributed by atoms with Crippen LogP contribution in [0.4, 0.5) is 5.69 Å². The van der Waals surface area contributed by atoms with E-state index in [-0.39, 0.29) is 0 Å².